The van der Waals surface area contributed by atoms with Crippen LogP contribution in [0.3, 0.4) is 0 Å². The smallest absolute Gasteiger partial charge is 0.262 e. The first-order valence-electron chi connectivity index (χ1n) is 11.8. The number of hydrogen-bond acceptors (Lipinski definition) is 6. The number of aliphatic imine (C=N–C) groups is 1. The standard InChI is InChI=1S/C27H25N5O3S/c33-27(23-18-25(19-12-15-28-16-13-19)31-24-10-4-3-9-22(23)24)30-20-7-6-8-21(17-20)36(34,35)32-26-11-2-1-5-14-29-26/h3-4,6-10,12-13,15-18H,1-2,5,11,14H2,(H,29,32)(H,30,33). The zero-order chi connectivity index (χ0) is 25.0. The zero-order valence-corrected chi connectivity index (χ0v) is 20.3. The summed E-state index contributed by atoms with van der Waals surface area (Å²) in [6.07, 6.45) is 6.84. The topological polar surface area (TPSA) is 113 Å². The third-order valence-corrected chi connectivity index (χ3v) is 7.34. The van der Waals surface area contributed by atoms with E-state index in [9.17, 15) is 13.2 Å². The summed E-state index contributed by atoms with van der Waals surface area (Å²) < 4.78 is 28.6. The van der Waals surface area contributed by atoms with E-state index in [0.717, 1.165) is 24.8 Å². The molecule has 9 heteroatoms. The minimum absolute atomic E-state index is 0.0595. The molecule has 0 unspecified atom stereocenters. The molecule has 5 rings (SSSR count). The van der Waals surface area contributed by atoms with E-state index >= 15 is 0 Å². The first kappa shape index (κ1) is 23.6. The minimum Gasteiger partial charge on any atom is -0.322 e. The number of carbonyl (C=O) groups is 1. The van der Waals surface area contributed by atoms with Gasteiger partial charge in [-0.3, -0.25) is 19.5 Å². The van der Waals surface area contributed by atoms with Crippen LogP contribution in [0.5, 0.6) is 0 Å². The predicted octanol–water partition coefficient (Wildman–Crippen LogP) is 4.80. The number of nitrogens with one attached hydrogen (secondary N) is 2. The van der Waals surface area contributed by atoms with E-state index in [1.807, 2.05) is 36.4 Å². The van der Waals surface area contributed by atoms with Crippen LogP contribution in [0.2, 0.25) is 0 Å². The van der Waals surface area contributed by atoms with E-state index in [4.69, 9.17) is 4.98 Å². The maximum Gasteiger partial charge on any atom is 0.262 e. The third-order valence-electron chi connectivity index (χ3n) is 5.97. The van der Waals surface area contributed by atoms with Crippen LogP contribution in [0.15, 0.2) is 89.0 Å². The Morgan fingerprint density at radius 3 is 2.58 bits per heavy atom. The molecule has 182 valence electrons. The van der Waals surface area contributed by atoms with E-state index in [-0.39, 0.29) is 10.8 Å². The van der Waals surface area contributed by atoms with Gasteiger partial charge in [0.15, 0.2) is 0 Å². The van der Waals surface area contributed by atoms with E-state index in [1.165, 1.54) is 12.1 Å². The molecule has 2 aromatic heterocycles. The summed E-state index contributed by atoms with van der Waals surface area (Å²) in [7, 11) is -3.82. The second-order valence-electron chi connectivity index (χ2n) is 8.53. The van der Waals surface area contributed by atoms with Gasteiger partial charge < -0.3 is 5.32 Å². The van der Waals surface area contributed by atoms with Crippen LogP contribution in [0.4, 0.5) is 5.69 Å². The Kier molecular flexibility index (Phi) is 6.73. The van der Waals surface area contributed by atoms with Crippen molar-refractivity contribution in [2.45, 2.75) is 30.6 Å². The molecule has 2 aromatic carbocycles. The average molecular weight is 500 g/mol. The fraction of sp³-hybridized carbons (Fsp3) is 0.185. The van der Waals surface area contributed by atoms with Gasteiger partial charge in [-0.05, 0) is 55.3 Å². The van der Waals surface area contributed by atoms with Crippen molar-refractivity contribution in [3.05, 3.63) is 84.7 Å². The van der Waals surface area contributed by atoms with Crippen molar-refractivity contribution in [2.75, 3.05) is 11.9 Å². The first-order chi connectivity index (χ1) is 17.5. The van der Waals surface area contributed by atoms with E-state index in [1.54, 1.807) is 30.6 Å². The monoisotopic (exact) mass is 499 g/mol. The van der Waals surface area contributed by atoms with Gasteiger partial charge in [0.25, 0.3) is 15.9 Å². The summed E-state index contributed by atoms with van der Waals surface area (Å²) in [5, 5.41) is 3.55. The van der Waals surface area contributed by atoms with Crippen molar-refractivity contribution in [1.82, 2.24) is 14.7 Å². The van der Waals surface area contributed by atoms with Crippen LogP contribution in [0.25, 0.3) is 22.2 Å². The Labute approximate surface area is 209 Å². The van der Waals surface area contributed by atoms with Gasteiger partial charge in [-0.25, -0.2) is 13.4 Å². The Morgan fingerprint density at radius 2 is 1.72 bits per heavy atom. The lowest BCUT2D eigenvalue weighted by Gasteiger charge is -2.13. The molecule has 2 N–H and O–H groups in total. The summed E-state index contributed by atoms with van der Waals surface area (Å²) in [4.78, 5) is 26.5. The number of sulfonamides is 1. The van der Waals surface area contributed by atoms with Gasteiger partial charge in [0, 0.05) is 42.0 Å². The molecule has 1 amide bonds. The van der Waals surface area contributed by atoms with E-state index in [2.05, 4.69) is 20.0 Å². The van der Waals surface area contributed by atoms with Crippen molar-refractivity contribution in [1.29, 1.82) is 0 Å². The molecule has 0 radical (unpaired) electrons. The molecular weight excluding hydrogens is 474 g/mol. The molecule has 0 spiro atoms. The van der Waals surface area contributed by atoms with Crippen LogP contribution >= 0.6 is 0 Å². The summed E-state index contributed by atoms with van der Waals surface area (Å²) in [5.41, 5.74) is 2.97. The molecule has 0 fully saturated rings. The summed E-state index contributed by atoms with van der Waals surface area (Å²) in [6.45, 7) is 0.620. The Balaban J connectivity index is 1.44. The molecule has 8 nitrogen and oxygen atoms in total. The van der Waals surface area contributed by atoms with Crippen molar-refractivity contribution in [3.63, 3.8) is 0 Å². The predicted molar refractivity (Wildman–Crippen MR) is 140 cm³/mol. The molecule has 0 saturated heterocycles. The van der Waals surface area contributed by atoms with Crippen LogP contribution in [0.1, 0.15) is 36.0 Å². The highest BCUT2D eigenvalue weighted by Gasteiger charge is 2.19. The number of carbonyl (C=O) groups excluding carboxylic acids is 1. The molecule has 4 aromatic rings. The molecule has 36 heavy (non-hydrogen) atoms. The number of amidine groups is 1. The van der Waals surface area contributed by atoms with Crippen molar-refractivity contribution < 1.29 is 13.2 Å². The molecule has 0 saturated carbocycles. The fourth-order valence-corrected chi connectivity index (χ4v) is 5.28. The van der Waals surface area contributed by atoms with Crippen molar-refractivity contribution in [3.8, 4) is 11.3 Å². The second-order valence-corrected chi connectivity index (χ2v) is 10.2. The quantitative estimate of drug-likeness (QED) is 0.409. The molecule has 0 atom stereocenters. The number of hydrogen-bond donors (Lipinski definition) is 2. The van der Waals surface area contributed by atoms with Gasteiger partial charge in [0.05, 0.1) is 21.7 Å². The van der Waals surface area contributed by atoms with Gasteiger partial charge >= 0.3 is 0 Å². The average Bonchev–Trinajstić information content (AvgIpc) is 3.17. The Bertz CT molecular complexity index is 1550. The molecule has 0 bridgehead atoms. The highest BCUT2D eigenvalue weighted by Crippen LogP contribution is 2.26. The van der Waals surface area contributed by atoms with Crippen molar-refractivity contribution in [2.24, 2.45) is 4.99 Å². The number of anilines is 1. The zero-order valence-electron chi connectivity index (χ0n) is 19.5. The lowest BCUT2D eigenvalue weighted by molar-refractivity contribution is 0.102. The first-order valence-corrected chi connectivity index (χ1v) is 13.3. The van der Waals surface area contributed by atoms with E-state index < -0.39 is 10.0 Å². The van der Waals surface area contributed by atoms with Crippen molar-refractivity contribution >= 4 is 38.4 Å². The Hall–Kier alpha value is -4.11. The Morgan fingerprint density at radius 1 is 0.889 bits per heavy atom. The largest absolute Gasteiger partial charge is 0.322 e. The molecular formula is C27H25N5O3S. The number of benzene rings is 2. The van der Waals surface area contributed by atoms with Gasteiger partial charge in [-0.2, -0.15) is 0 Å². The summed E-state index contributed by atoms with van der Waals surface area (Å²) in [5.74, 6) is 0.119. The normalized spacial score (nSPS) is 14.1. The fourth-order valence-electron chi connectivity index (χ4n) is 4.14. The van der Waals surface area contributed by atoms with Crippen LogP contribution in [-0.2, 0) is 10.0 Å². The van der Waals surface area contributed by atoms with Crippen LogP contribution < -0.4 is 10.0 Å². The third kappa shape index (κ3) is 5.26. The number of amides is 1. The van der Waals surface area contributed by atoms with Gasteiger partial charge in [-0.1, -0.05) is 30.7 Å². The van der Waals surface area contributed by atoms with Gasteiger partial charge in [0.1, 0.15) is 5.84 Å². The maximum absolute atomic E-state index is 13.4. The number of nitrogens with zero attached hydrogens (tertiary/aromatic N) is 3. The molecule has 0 aliphatic carbocycles. The van der Waals surface area contributed by atoms with Crippen LogP contribution in [-0.4, -0.2) is 36.7 Å². The number of para-hydroxylation sites is 1. The number of fused-ring (bicyclic) bond motifs is 1. The molecule has 3 heterocycles. The summed E-state index contributed by atoms with van der Waals surface area (Å²) >= 11 is 0. The van der Waals surface area contributed by atoms with Gasteiger partial charge in [-0.15, -0.1) is 0 Å². The number of rotatable bonds is 5. The lowest BCUT2D eigenvalue weighted by atomic mass is 10.0. The molecule has 1 aliphatic heterocycles. The van der Waals surface area contributed by atoms with Crippen LogP contribution in [0, 0.1) is 0 Å². The number of pyridine rings is 2. The van der Waals surface area contributed by atoms with E-state index in [0.29, 0.717) is 46.6 Å². The van der Waals surface area contributed by atoms with Gasteiger partial charge in [0.2, 0.25) is 0 Å². The summed E-state index contributed by atoms with van der Waals surface area (Å²) in [6, 6.07) is 19.0. The SMILES string of the molecule is O=C(Nc1cccc(S(=O)(=O)NC2=NCCCCC2)c1)c1cc(-c2ccncc2)nc2ccccc12. The maximum atomic E-state index is 13.4. The molecule has 1 aliphatic rings. The highest BCUT2D eigenvalue weighted by atomic mass is 32.2. The second kappa shape index (κ2) is 10.2. The highest BCUT2D eigenvalue weighted by molar-refractivity contribution is 7.90. The number of aromatic nitrogens is 2. The minimum atomic E-state index is -3.82. The lowest BCUT2D eigenvalue weighted by Crippen LogP contribution is -2.30.